The molecular weight excluding hydrogens is 226 g/mol. The molecule has 2 aliphatic heterocycles. The van der Waals surface area contributed by atoms with Crippen molar-refractivity contribution in [2.45, 2.75) is 39.7 Å². The van der Waals surface area contributed by atoms with Crippen molar-refractivity contribution >= 4 is 11.7 Å². The SMILES string of the molecule is CC1=N[C@@H](C)C(C)=C2CN(C(=O)C3CC3)CCN12. The van der Waals surface area contributed by atoms with Crippen LogP contribution in [0.15, 0.2) is 16.3 Å². The molecule has 0 N–H and O–H groups in total. The summed E-state index contributed by atoms with van der Waals surface area (Å²) in [5, 5.41) is 0. The van der Waals surface area contributed by atoms with E-state index in [1.165, 1.54) is 11.3 Å². The van der Waals surface area contributed by atoms with Crippen molar-refractivity contribution in [1.29, 1.82) is 0 Å². The maximum absolute atomic E-state index is 12.2. The number of rotatable bonds is 1. The van der Waals surface area contributed by atoms with Crippen LogP contribution in [0.4, 0.5) is 0 Å². The topological polar surface area (TPSA) is 35.9 Å². The van der Waals surface area contributed by atoms with Gasteiger partial charge < -0.3 is 9.80 Å². The van der Waals surface area contributed by atoms with Gasteiger partial charge in [-0.2, -0.15) is 0 Å². The molecule has 1 aliphatic carbocycles. The van der Waals surface area contributed by atoms with Crippen LogP contribution in [-0.2, 0) is 4.79 Å². The molecule has 2 fully saturated rings. The summed E-state index contributed by atoms with van der Waals surface area (Å²) in [6.07, 6.45) is 2.18. The number of nitrogens with zero attached hydrogens (tertiary/aromatic N) is 3. The Balaban J connectivity index is 1.81. The Hall–Kier alpha value is -1.32. The largest absolute Gasteiger partial charge is 0.335 e. The predicted molar refractivity (Wildman–Crippen MR) is 71.3 cm³/mol. The second kappa shape index (κ2) is 4.11. The lowest BCUT2D eigenvalue weighted by atomic mass is 10.0. The Bertz CT molecular complexity index is 448. The zero-order valence-corrected chi connectivity index (χ0v) is 11.4. The lowest BCUT2D eigenvalue weighted by molar-refractivity contribution is -0.133. The molecule has 3 aliphatic rings. The summed E-state index contributed by atoms with van der Waals surface area (Å²) in [4.78, 5) is 21.1. The van der Waals surface area contributed by atoms with E-state index in [4.69, 9.17) is 0 Å². The maximum Gasteiger partial charge on any atom is 0.226 e. The van der Waals surface area contributed by atoms with Crippen LogP contribution in [0.3, 0.4) is 0 Å². The molecule has 2 heterocycles. The van der Waals surface area contributed by atoms with E-state index in [-0.39, 0.29) is 6.04 Å². The van der Waals surface area contributed by atoms with Gasteiger partial charge in [-0.1, -0.05) is 0 Å². The van der Waals surface area contributed by atoms with Crippen molar-refractivity contribution in [3.8, 4) is 0 Å². The molecule has 3 rings (SSSR count). The second-order valence-corrected chi connectivity index (χ2v) is 5.67. The number of fused-ring (bicyclic) bond motifs is 1. The Morgan fingerprint density at radius 2 is 2.00 bits per heavy atom. The van der Waals surface area contributed by atoms with Gasteiger partial charge in [-0.3, -0.25) is 9.79 Å². The average Bonchev–Trinajstić information content (AvgIpc) is 3.19. The average molecular weight is 247 g/mol. The van der Waals surface area contributed by atoms with Gasteiger partial charge in [-0.25, -0.2) is 0 Å². The zero-order valence-electron chi connectivity index (χ0n) is 11.4. The Morgan fingerprint density at radius 3 is 2.67 bits per heavy atom. The van der Waals surface area contributed by atoms with Crippen molar-refractivity contribution < 1.29 is 4.79 Å². The lowest BCUT2D eigenvalue weighted by Gasteiger charge is -2.42. The molecule has 4 heteroatoms. The predicted octanol–water partition coefficient (Wildman–Crippen LogP) is 1.64. The van der Waals surface area contributed by atoms with E-state index in [9.17, 15) is 4.79 Å². The minimum atomic E-state index is 0.257. The standard InChI is InChI=1S/C14H21N3O/c1-9-10(2)15-11(3)17-7-6-16(8-13(9)17)14(18)12-4-5-12/h10,12H,4-8H2,1-3H3/t10-/m0/s1. The van der Waals surface area contributed by atoms with E-state index in [1.807, 2.05) is 4.90 Å². The van der Waals surface area contributed by atoms with Crippen LogP contribution in [-0.4, -0.2) is 47.2 Å². The summed E-state index contributed by atoms with van der Waals surface area (Å²) in [6, 6.07) is 0.257. The molecule has 4 nitrogen and oxygen atoms in total. The number of amidine groups is 1. The van der Waals surface area contributed by atoms with E-state index in [2.05, 4.69) is 30.7 Å². The molecule has 1 amide bonds. The van der Waals surface area contributed by atoms with Gasteiger partial charge in [0.25, 0.3) is 0 Å². The van der Waals surface area contributed by atoms with Crippen LogP contribution in [0.2, 0.25) is 0 Å². The number of hydrogen-bond acceptors (Lipinski definition) is 3. The third-order valence-corrected chi connectivity index (χ3v) is 4.35. The number of amides is 1. The fourth-order valence-corrected chi connectivity index (χ4v) is 2.86. The monoisotopic (exact) mass is 247 g/mol. The van der Waals surface area contributed by atoms with E-state index in [1.54, 1.807) is 0 Å². The Morgan fingerprint density at radius 1 is 1.28 bits per heavy atom. The van der Waals surface area contributed by atoms with Gasteiger partial charge in [0.2, 0.25) is 5.91 Å². The van der Waals surface area contributed by atoms with Crippen LogP contribution in [0, 0.1) is 5.92 Å². The van der Waals surface area contributed by atoms with Crippen molar-refractivity contribution in [3.63, 3.8) is 0 Å². The number of piperazine rings is 1. The van der Waals surface area contributed by atoms with Crippen LogP contribution in [0.1, 0.15) is 33.6 Å². The molecule has 1 saturated carbocycles. The van der Waals surface area contributed by atoms with E-state index in [0.717, 1.165) is 38.3 Å². The van der Waals surface area contributed by atoms with E-state index >= 15 is 0 Å². The highest BCUT2D eigenvalue weighted by molar-refractivity contribution is 5.85. The van der Waals surface area contributed by atoms with Crippen molar-refractivity contribution in [2.24, 2.45) is 10.9 Å². The number of carbonyl (C=O) groups excluding carboxylic acids is 1. The zero-order chi connectivity index (χ0) is 12.9. The molecular formula is C14H21N3O. The molecule has 0 aromatic heterocycles. The van der Waals surface area contributed by atoms with E-state index < -0.39 is 0 Å². The molecule has 0 aromatic carbocycles. The number of aliphatic imine (C=N–C) groups is 1. The summed E-state index contributed by atoms with van der Waals surface area (Å²) >= 11 is 0. The molecule has 1 saturated heterocycles. The molecule has 0 bridgehead atoms. The smallest absolute Gasteiger partial charge is 0.226 e. The highest BCUT2D eigenvalue weighted by Gasteiger charge is 2.37. The van der Waals surface area contributed by atoms with Crippen LogP contribution in [0.25, 0.3) is 0 Å². The van der Waals surface area contributed by atoms with Gasteiger partial charge in [0, 0.05) is 24.7 Å². The van der Waals surface area contributed by atoms with Crippen LogP contribution < -0.4 is 0 Å². The fraction of sp³-hybridized carbons (Fsp3) is 0.714. The van der Waals surface area contributed by atoms with Crippen molar-refractivity contribution in [3.05, 3.63) is 11.3 Å². The molecule has 0 aromatic rings. The maximum atomic E-state index is 12.2. The Kier molecular flexibility index (Phi) is 2.68. The fourth-order valence-electron chi connectivity index (χ4n) is 2.86. The molecule has 98 valence electrons. The third-order valence-electron chi connectivity index (χ3n) is 4.35. The van der Waals surface area contributed by atoms with Gasteiger partial charge in [0.15, 0.2) is 0 Å². The quantitative estimate of drug-likeness (QED) is 0.706. The summed E-state index contributed by atoms with van der Waals surface area (Å²) in [5.74, 6) is 1.79. The molecule has 0 radical (unpaired) electrons. The molecule has 0 spiro atoms. The molecule has 0 unspecified atom stereocenters. The first kappa shape index (κ1) is 11.8. The first-order chi connectivity index (χ1) is 8.58. The summed E-state index contributed by atoms with van der Waals surface area (Å²) in [5.41, 5.74) is 2.61. The minimum Gasteiger partial charge on any atom is -0.335 e. The highest BCUT2D eigenvalue weighted by Crippen LogP contribution is 2.33. The molecule has 1 atom stereocenters. The number of hydrogen-bond donors (Lipinski definition) is 0. The number of carbonyl (C=O) groups is 1. The minimum absolute atomic E-state index is 0.257. The van der Waals surface area contributed by atoms with Crippen LogP contribution >= 0.6 is 0 Å². The van der Waals surface area contributed by atoms with Crippen molar-refractivity contribution in [2.75, 3.05) is 19.6 Å². The van der Waals surface area contributed by atoms with Gasteiger partial charge in [0.1, 0.15) is 5.84 Å². The summed E-state index contributed by atoms with van der Waals surface area (Å²) in [7, 11) is 0. The van der Waals surface area contributed by atoms with Crippen LogP contribution in [0.5, 0.6) is 0 Å². The second-order valence-electron chi connectivity index (χ2n) is 5.67. The Labute approximate surface area is 108 Å². The normalized spacial score (nSPS) is 28.2. The molecule has 18 heavy (non-hydrogen) atoms. The third kappa shape index (κ3) is 1.84. The van der Waals surface area contributed by atoms with Crippen molar-refractivity contribution in [1.82, 2.24) is 9.80 Å². The first-order valence-electron chi connectivity index (χ1n) is 6.88. The van der Waals surface area contributed by atoms with Gasteiger partial charge in [-0.05, 0) is 39.2 Å². The van der Waals surface area contributed by atoms with Gasteiger partial charge in [-0.15, -0.1) is 0 Å². The highest BCUT2D eigenvalue weighted by atomic mass is 16.2. The van der Waals surface area contributed by atoms with Gasteiger partial charge >= 0.3 is 0 Å². The summed E-state index contributed by atoms with van der Waals surface area (Å²) in [6.45, 7) is 8.86. The van der Waals surface area contributed by atoms with E-state index in [0.29, 0.717) is 11.8 Å². The lowest BCUT2D eigenvalue weighted by Crippen LogP contribution is -2.51. The first-order valence-corrected chi connectivity index (χ1v) is 6.88. The summed E-state index contributed by atoms with van der Waals surface area (Å²) < 4.78 is 0. The van der Waals surface area contributed by atoms with Gasteiger partial charge in [0.05, 0.1) is 12.6 Å².